The van der Waals surface area contributed by atoms with Crippen LogP contribution in [0, 0.1) is 5.41 Å². The largest absolute Gasteiger partial charge is 0.391 e. The third-order valence-corrected chi connectivity index (χ3v) is 3.48. The first-order chi connectivity index (χ1) is 6.84. The highest BCUT2D eigenvalue weighted by molar-refractivity contribution is 4.92. The number of hydrogen-bond acceptors (Lipinski definition) is 2. The third-order valence-electron chi connectivity index (χ3n) is 3.48. The topological polar surface area (TPSA) is 23.5 Å². The number of alkyl halides is 2. The molecule has 15 heavy (non-hydrogen) atoms. The van der Waals surface area contributed by atoms with E-state index in [1.54, 1.807) is 11.9 Å². The van der Waals surface area contributed by atoms with Crippen molar-refractivity contribution >= 4 is 0 Å². The summed E-state index contributed by atoms with van der Waals surface area (Å²) in [5, 5.41) is 10.1. The summed E-state index contributed by atoms with van der Waals surface area (Å²) in [6, 6.07) is -0.122. The minimum Gasteiger partial charge on any atom is -0.391 e. The second kappa shape index (κ2) is 4.74. The van der Waals surface area contributed by atoms with Crippen LogP contribution in [-0.4, -0.2) is 42.2 Å². The van der Waals surface area contributed by atoms with Crippen LogP contribution in [0.3, 0.4) is 0 Å². The summed E-state index contributed by atoms with van der Waals surface area (Å²) >= 11 is 0. The molecule has 0 radical (unpaired) electrons. The van der Waals surface area contributed by atoms with Crippen LogP contribution in [0.5, 0.6) is 0 Å². The maximum atomic E-state index is 12.2. The Morgan fingerprint density at radius 3 is 2.60 bits per heavy atom. The van der Waals surface area contributed by atoms with Gasteiger partial charge in [-0.15, -0.1) is 0 Å². The molecule has 2 nitrogen and oxygen atoms in total. The predicted octanol–water partition coefficient (Wildman–Crippen LogP) is 2.12. The van der Waals surface area contributed by atoms with Gasteiger partial charge in [0, 0.05) is 6.04 Å². The van der Waals surface area contributed by atoms with Gasteiger partial charge in [-0.3, -0.25) is 4.90 Å². The highest BCUT2D eigenvalue weighted by Crippen LogP contribution is 2.37. The smallest absolute Gasteiger partial charge is 0.251 e. The second-order valence-corrected chi connectivity index (χ2v) is 5.22. The molecular weight excluding hydrogens is 200 g/mol. The maximum Gasteiger partial charge on any atom is 0.251 e. The Kier molecular flexibility index (Phi) is 4.06. The first-order valence-corrected chi connectivity index (χ1v) is 5.51. The van der Waals surface area contributed by atoms with Gasteiger partial charge in [0.2, 0.25) is 0 Å². The van der Waals surface area contributed by atoms with E-state index in [1.807, 2.05) is 13.8 Å². The van der Waals surface area contributed by atoms with Crippen LogP contribution in [0.4, 0.5) is 8.78 Å². The van der Waals surface area contributed by atoms with E-state index < -0.39 is 12.5 Å². The van der Waals surface area contributed by atoms with Crippen molar-refractivity contribution in [3.8, 4) is 0 Å². The summed E-state index contributed by atoms with van der Waals surface area (Å²) in [6.45, 7) is 3.75. The average molecular weight is 221 g/mol. The Bertz CT molecular complexity index is 209. The summed E-state index contributed by atoms with van der Waals surface area (Å²) in [5.41, 5.74) is -0.153. The molecule has 0 amide bonds. The molecule has 90 valence electrons. The molecule has 1 fully saturated rings. The molecule has 4 heteroatoms. The molecular formula is C11H21F2NO. The van der Waals surface area contributed by atoms with Gasteiger partial charge in [0.15, 0.2) is 0 Å². The minimum absolute atomic E-state index is 0.122. The van der Waals surface area contributed by atoms with E-state index >= 15 is 0 Å². The first-order valence-electron chi connectivity index (χ1n) is 5.51. The van der Waals surface area contributed by atoms with Crippen LogP contribution >= 0.6 is 0 Å². The van der Waals surface area contributed by atoms with Crippen molar-refractivity contribution in [3.63, 3.8) is 0 Å². The van der Waals surface area contributed by atoms with Crippen LogP contribution in [0.1, 0.15) is 33.1 Å². The Morgan fingerprint density at radius 2 is 2.07 bits per heavy atom. The van der Waals surface area contributed by atoms with Crippen LogP contribution in [-0.2, 0) is 0 Å². The lowest BCUT2D eigenvalue weighted by atomic mass is 9.72. The predicted molar refractivity (Wildman–Crippen MR) is 56.1 cm³/mol. The number of aliphatic hydroxyl groups is 1. The molecule has 1 saturated carbocycles. The minimum atomic E-state index is -2.33. The van der Waals surface area contributed by atoms with Gasteiger partial charge in [0.25, 0.3) is 6.43 Å². The molecule has 0 aromatic rings. The van der Waals surface area contributed by atoms with Crippen LogP contribution in [0.15, 0.2) is 0 Å². The molecule has 0 aromatic carbocycles. The van der Waals surface area contributed by atoms with Gasteiger partial charge < -0.3 is 5.11 Å². The highest BCUT2D eigenvalue weighted by atomic mass is 19.3. The monoisotopic (exact) mass is 221 g/mol. The average Bonchev–Trinajstić information content (AvgIpc) is 2.08. The lowest BCUT2D eigenvalue weighted by Crippen LogP contribution is -2.52. The molecule has 0 saturated heterocycles. The number of nitrogens with zero attached hydrogens (tertiary/aromatic N) is 1. The number of aliphatic hydroxyl groups excluding tert-OH is 1. The normalized spacial score (nSPS) is 31.2. The van der Waals surface area contributed by atoms with E-state index in [-0.39, 0.29) is 18.0 Å². The van der Waals surface area contributed by atoms with Crippen molar-refractivity contribution in [3.05, 3.63) is 0 Å². The van der Waals surface area contributed by atoms with Crippen molar-refractivity contribution in [1.29, 1.82) is 0 Å². The van der Waals surface area contributed by atoms with E-state index in [4.69, 9.17) is 0 Å². The number of hydrogen-bond donors (Lipinski definition) is 1. The Hall–Kier alpha value is -0.220. The van der Waals surface area contributed by atoms with Gasteiger partial charge in [-0.1, -0.05) is 20.3 Å². The SMILES string of the molecule is CN(CC(F)F)C1CCCC(C)(C)C1O. The molecule has 2 unspecified atom stereocenters. The molecule has 0 heterocycles. The summed E-state index contributed by atoms with van der Waals surface area (Å²) in [4.78, 5) is 1.59. The highest BCUT2D eigenvalue weighted by Gasteiger charge is 2.39. The van der Waals surface area contributed by atoms with E-state index in [0.717, 1.165) is 19.3 Å². The van der Waals surface area contributed by atoms with Gasteiger partial charge in [-0.25, -0.2) is 8.78 Å². The molecule has 0 bridgehead atoms. The van der Waals surface area contributed by atoms with Crippen molar-refractivity contribution in [2.24, 2.45) is 5.41 Å². The Labute approximate surface area is 90.3 Å². The van der Waals surface area contributed by atoms with E-state index in [0.29, 0.717) is 0 Å². The molecule has 1 N–H and O–H groups in total. The second-order valence-electron chi connectivity index (χ2n) is 5.22. The standard InChI is InChI=1S/C11H21F2NO/c1-11(2)6-4-5-8(10(11)15)14(3)7-9(12)13/h8-10,15H,4-7H2,1-3H3. The van der Waals surface area contributed by atoms with Crippen molar-refractivity contribution in [2.75, 3.05) is 13.6 Å². The molecule has 1 aliphatic rings. The van der Waals surface area contributed by atoms with Crippen molar-refractivity contribution in [1.82, 2.24) is 4.90 Å². The fraction of sp³-hybridized carbons (Fsp3) is 1.00. The molecule has 0 aliphatic heterocycles. The quantitative estimate of drug-likeness (QED) is 0.789. The number of likely N-dealkylation sites (N-methyl/N-ethyl adjacent to an activating group) is 1. The van der Waals surface area contributed by atoms with Gasteiger partial charge in [-0.2, -0.15) is 0 Å². The maximum absolute atomic E-state index is 12.2. The molecule has 1 aliphatic carbocycles. The van der Waals surface area contributed by atoms with Gasteiger partial charge in [0.1, 0.15) is 0 Å². The Balaban J connectivity index is 2.60. The summed E-state index contributed by atoms with van der Waals surface area (Å²) in [7, 11) is 1.67. The molecule has 0 spiro atoms. The third kappa shape index (κ3) is 3.11. The first kappa shape index (κ1) is 12.8. The lowest BCUT2D eigenvalue weighted by Gasteiger charge is -2.44. The summed E-state index contributed by atoms with van der Waals surface area (Å²) in [6.07, 6.45) is -0.0502. The van der Waals surface area contributed by atoms with Crippen LogP contribution in [0.25, 0.3) is 0 Å². The Morgan fingerprint density at radius 1 is 1.47 bits per heavy atom. The molecule has 2 atom stereocenters. The van der Waals surface area contributed by atoms with E-state index in [9.17, 15) is 13.9 Å². The van der Waals surface area contributed by atoms with Gasteiger partial charge in [0.05, 0.1) is 12.6 Å². The van der Waals surface area contributed by atoms with Crippen LogP contribution in [0.2, 0.25) is 0 Å². The summed E-state index contributed by atoms with van der Waals surface area (Å²) in [5.74, 6) is 0. The molecule has 0 aromatic heterocycles. The zero-order valence-electron chi connectivity index (χ0n) is 9.71. The fourth-order valence-corrected chi connectivity index (χ4v) is 2.41. The van der Waals surface area contributed by atoms with Gasteiger partial charge in [-0.05, 0) is 25.3 Å². The van der Waals surface area contributed by atoms with Crippen LogP contribution < -0.4 is 0 Å². The molecule has 1 rings (SSSR count). The van der Waals surface area contributed by atoms with E-state index in [2.05, 4.69) is 0 Å². The van der Waals surface area contributed by atoms with Gasteiger partial charge >= 0.3 is 0 Å². The zero-order chi connectivity index (χ0) is 11.6. The lowest BCUT2D eigenvalue weighted by molar-refractivity contribution is -0.0610. The van der Waals surface area contributed by atoms with Crippen molar-refractivity contribution in [2.45, 2.75) is 51.7 Å². The summed E-state index contributed by atoms with van der Waals surface area (Å²) < 4.78 is 24.5. The number of halogens is 2. The fourth-order valence-electron chi connectivity index (χ4n) is 2.41. The van der Waals surface area contributed by atoms with Crippen molar-refractivity contribution < 1.29 is 13.9 Å². The van der Waals surface area contributed by atoms with E-state index in [1.165, 1.54) is 0 Å². The number of rotatable bonds is 3. The zero-order valence-corrected chi connectivity index (χ0v) is 9.71.